The largest absolute Gasteiger partial charge is 0.322 e. The Morgan fingerprint density at radius 1 is 1.24 bits per heavy atom. The molecule has 86 valence electrons. The highest BCUT2D eigenvalue weighted by atomic mass is 35.5. The van der Waals surface area contributed by atoms with Gasteiger partial charge in [0.15, 0.2) is 0 Å². The number of amides is 1. The number of carbonyl (C=O) groups is 1. The number of carbonyl (C=O) groups excluding carboxylic acids is 1. The fraction of sp³-hybridized carbons (Fsp3) is 0.0769. The van der Waals surface area contributed by atoms with E-state index in [4.69, 9.17) is 11.6 Å². The molecule has 1 aromatic carbocycles. The second-order valence-electron chi connectivity index (χ2n) is 3.65. The van der Waals surface area contributed by atoms with Gasteiger partial charge < -0.3 is 5.32 Å². The van der Waals surface area contributed by atoms with E-state index in [0.29, 0.717) is 10.6 Å². The lowest BCUT2D eigenvalue weighted by Crippen LogP contribution is -2.12. The van der Waals surface area contributed by atoms with Gasteiger partial charge in [0.2, 0.25) is 0 Å². The number of nitrogens with one attached hydrogen (secondary N) is 1. The Morgan fingerprint density at radius 3 is 2.65 bits per heavy atom. The monoisotopic (exact) mass is 246 g/mol. The first-order valence-corrected chi connectivity index (χ1v) is 5.52. The predicted molar refractivity (Wildman–Crippen MR) is 68.4 cm³/mol. The zero-order valence-corrected chi connectivity index (χ0v) is 10.0. The number of halogens is 1. The van der Waals surface area contributed by atoms with Crippen molar-refractivity contribution < 1.29 is 4.79 Å². The van der Waals surface area contributed by atoms with Gasteiger partial charge in [0, 0.05) is 28.7 Å². The Kier molecular flexibility index (Phi) is 3.40. The van der Waals surface area contributed by atoms with Gasteiger partial charge in [0.25, 0.3) is 5.91 Å². The fourth-order valence-corrected chi connectivity index (χ4v) is 1.60. The molecular formula is C13H11ClN2O. The summed E-state index contributed by atoms with van der Waals surface area (Å²) in [6, 6.07) is 8.71. The second-order valence-corrected chi connectivity index (χ2v) is 4.09. The highest BCUT2D eigenvalue weighted by molar-refractivity contribution is 6.31. The normalized spacial score (nSPS) is 10.0. The highest BCUT2D eigenvalue weighted by Crippen LogP contribution is 2.20. The third-order valence-electron chi connectivity index (χ3n) is 2.39. The van der Waals surface area contributed by atoms with Crippen LogP contribution in [0.5, 0.6) is 0 Å². The molecule has 1 amide bonds. The third kappa shape index (κ3) is 2.82. The van der Waals surface area contributed by atoms with E-state index in [2.05, 4.69) is 10.3 Å². The van der Waals surface area contributed by atoms with Gasteiger partial charge in [-0.1, -0.05) is 17.7 Å². The van der Waals surface area contributed by atoms with E-state index in [9.17, 15) is 4.79 Å². The van der Waals surface area contributed by atoms with Crippen molar-refractivity contribution in [3.8, 4) is 0 Å². The molecule has 2 aromatic rings. The number of hydrogen-bond donors (Lipinski definition) is 1. The van der Waals surface area contributed by atoms with Crippen LogP contribution in [-0.2, 0) is 0 Å². The van der Waals surface area contributed by atoms with Crippen LogP contribution in [0.25, 0.3) is 0 Å². The maximum absolute atomic E-state index is 11.9. The number of anilines is 1. The lowest BCUT2D eigenvalue weighted by molar-refractivity contribution is 0.102. The Balaban J connectivity index is 2.22. The average molecular weight is 247 g/mol. The van der Waals surface area contributed by atoms with E-state index in [1.807, 2.05) is 13.0 Å². The summed E-state index contributed by atoms with van der Waals surface area (Å²) in [5, 5.41) is 3.41. The maximum Gasteiger partial charge on any atom is 0.255 e. The lowest BCUT2D eigenvalue weighted by atomic mass is 10.2. The molecule has 0 radical (unpaired) electrons. The quantitative estimate of drug-likeness (QED) is 0.884. The number of nitrogens with zero attached hydrogens (tertiary/aromatic N) is 1. The van der Waals surface area contributed by atoms with Crippen molar-refractivity contribution in [1.82, 2.24) is 4.98 Å². The van der Waals surface area contributed by atoms with Crippen molar-refractivity contribution in [2.24, 2.45) is 0 Å². The molecule has 2 rings (SSSR count). The van der Waals surface area contributed by atoms with E-state index in [-0.39, 0.29) is 5.91 Å². The van der Waals surface area contributed by atoms with Crippen molar-refractivity contribution in [2.75, 3.05) is 5.32 Å². The van der Waals surface area contributed by atoms with Crippen LogP contribution in [0.4, 0.5) is 5.69 Å². The molecule has 4 heteroatoms. The van der Waals surface area contributed by atoms with Crippen molar-refractivity contribution in [3.63, 3.8) is 0 Å². The SMILES string of the molecule is Cc1ccc(Cl)cc1NC(=O)c1ccncc1. The number of pyridine rings is 1. The van der Waals surface area contributed by atoms with E-state index in [1.54, 1.807) is 36.7 Å². The molecule has 3 nitrogen and oxygen atoms in total. The first-order valence-electron chi connectivity index (χ1n) is 5.14. The molecule has 0 unspecified atom stereocenters. The number of hydrogen-bond acceptors (Lipinski definition) is 2. The van der Waals surface area contributed by atoms with Crippen molar-refractivity contribution >= 4 is 23.2 Å². The van der Waals surface area contributed by atoms with Crippen molar-refractivity contribution in [3.05, 3.63) is 58.9 Å². The first-order chi connectivity index (χ1) is 8.16. The van der Waals surface area contributed by atoms with Crippen LogP contribution < -0.4 is 5.32 Å². The summed E-state index contributed by atoms with van der Waals surface area (Å²) in [5.74, 6) is -0.169. The summed E-state index contributed by atoms with van der Waals surface area (Å²) in [4.78, 5) is 15.8. The molecule has 0 bridgehead atoms. The topological polar surface area (TPSA) is 42.0 Å². The van der Waals surface area contributed by atoms with Crippen molar-refractivity contribution in [1.29, 1.82) is 0 Å². The maximum atomic E-state index is 11.9. The number of rotatable bonds is 2. The minimum atomic E-state index is -0.169. The summed E-state index contributed by atoms with van der Waals surface area (Å²) < 4.78 is 0. The molecule has 0 fully saturated rings. The smallest absolute Gasteiger partial charge is 0.255 e. The molecule has 0 saturated carbocycles. The number of benzene rings is 1. The zero-order chi connectivity index (χ0) is 12.3. The van der Waals surface area contributed by atoms with Crippen LogP contribution in [0.2, 0.25) is 5.02 Å². The van der Waals surface area contributed by atoms with E-state index >= 15 is 0 Å². The van der Waals surface area contributed by atoms with Crippen LogP contribution >= 0.6 is 11.6 Å². The fourth-order valence-electron chi connectivity index (χ4n) is 1.43. The molecule has 1 heterocycles. The molecule has 0 atom stereocenters. The van der Waals surface area contributed by atoms with Gasteiger partial charge in [-0.3, -0.25) is 9.78 Å². The Bertz CT molecular complexity index is 540. The average Bonchev–Trinajstić information content (AvgIpc) is 2.35. The third-order valence-corrected chi connectivity index (χ3v) is 2.63. The minimum absolute atomic E-state index is 0.169. The number of aromatic nitrogens is 1. The van der Waals surface area contributed by atoms with E-state index in [0.717, 1.165) is 11.3 Å². The lowest BCUT2D eigenvalue weighted by Gasteiger charge is -2.08. The number of aryl methyl sites for hydroxylation is 1. The molecule has 0 saturated heterocycles. The Morgan fingerprint density at radius 2 is 1.94 bits per heavy atom. The van der Waals surface area contributed by atoms with Gasteiger partial charge >= 0.3 is 0 Å². The van der Waals surface area contributed by atoms with Gasteiger partial charge in [0.1, 0.15) is 0 Å². The summed E-state index contributed by atoms with van der Waals surface area (Å²) in [6.07, 6.45) is 3.17. The van der Waals surface area contributed by atoms with Gasteiger partial charge in [-0.05, 0) is 36.8 Å². The summed E-state index contributed by atoms with van der Waals surface area (Å²) in [7, 11) is 0. The second kappa shape index (κ2) is 4.97. The van der Waals surface area contributed by atoms with Crippen molar-refractivity contribution in [2.45, 2.75) is 6.92 Å². The predicted octanol–water partition coefficient (Wildman–Crippen LogP) is 3.30. The van der Waals surface area contributed by atoms with Gasteiger partial charge in [-0.2, -0.15) is 0 Å². The van der Waals surface area contributed by atoms with E-state index in [1.165, 1.54) is 0 Å². The highest BCUT2D eigenvalue weighted by Gasteiger charge is 2.07. The van der Waals surface area contributed by atoms with Crippen LogP contribution in [0, 0.1) is 6.92 Å². The van der Waals surface area contributed by atoms with E-state index < -0.39 is 0 Å². The standard InChI is InChI=1S/C13H11ClN2O/c1-9-2-3-11(14)8-12(9)16-13(17)10-4-6-15-7-5-10/h2-8H,1H3,(H,16,17). The molecule has 0 aliphatic heterocycles. The molecule has 17 heavy (non-hydrogen) atoms. The molecule has 0 aliphatic rings. The van der Waals surface area contributed by atoms with Crippen LogP contribution in [-0.4, -0.2) is 10.9 Å². The zero-order valence-electron chi connectivity index (χ0n) is 9.27. The molecular weight excluding hydrogens is 236 g/mol. The molecule has 0 aliphatic carbocycles. The Labute approximate surface area is 104 Å². The van der Waals surface area contributed by atoms with Crippen LogP contribution in [0.3, 0.4) is 0 Å². The minimum Gasteiger partial charge on any atom is -0.322 e. The van der Waals surface area contributed by atoms with Gasteiger partial charge in [0.05, 0.1) is 0 Å². The van der Waals surface area contributed by atoms with Gasteiger partial charge in [-0.25, -0.2) is 0 Å². The van der Waals surface area contributed by atoms with Crippen LogP contribution in [0.15, 0.2) is 42.7 Å². The Hall–Kier alpha value is -1.87. The summed E-state index contributed by atoms with van der Waals surface area (Å²) in [5.41, 5.74) is 2.26. The van der Waals surface area contributed by atoms with Crippen LogP contribution in [0.1, 0.15) is 15.9 Å². The summed E-state index contributed by atoms with van der Waals surface area (Å²) >= 11 is 5.88. The molecule has 0 spiro atoms. The first kappa shape index (κ1) is 11.6. The molecule has 1 aromatic heterocycles. The molecule has 1 N–H and O–H groups in total. The van der Waals surface area contributed by atoms with Gasteiger partial charge in [-0.15, -0.1) is 0 Å². The summed E-state index contributed by atoms with van der Waals surface area (Å²) in [6.45, 7) is 1.92.